The number of pyridine rings is 1. The molecule has 37 heavy (non-hydrogen) atoms. The number of hydrogen-bond donors (Lipinski definition) is 2. The van der Waals surface area contributed by atoms with E-state index in [0.29, 0.717) is 21.1 Å². The van der Waals surface area contributed by atoms with Gasteiger partial charge in [-0.2, -0.15) is 15.3 Å². The Morgan fingerprint density at radius 3 is 2.68 bits per heavy atom. The number of alkyl halides is 1. The number of primary amides is 1. The lowest BCUT2D eigenvalue weighted by molar-refractivity contribution is -0.137. The molecular weight excluding hydrogens is 547 g/mol. The molecule has 1 unspecified atom stereocenters. The fourth-order valence-electron chi connectivity index (χ4n) is 4.36. The lowest BCUT2D eigenvalue weighted by atomic mass is 10.0. The van der Waals surface area contributed by atoms with Gasteiger partial charge in [-0.3, -0.25) is 24.0 Å². The Morgan fingerprint density at radius 1 is 1.11 bits per heavy atom. The van der Waals surface area contributed by atoms with E-state index in [2.05, 4.69) is 41.5 Å². The van der Waals surface area contributed by atoms with E-state index in [-0.39, 0.29) is 25.2 Å². The van der Waals surface area contributed by atoms with Crippen molar-refractivity contribution in [2.45, 2.75) is 25.2 Å². The van der Waals surface area contributed by atoms with Crippen molar-refractivity contribution in [3.8, 4) is 11.1 Å². The van der Waals surface area contributed by atoms with Crippen molar-refractivity contribution >= 4 is 50.2 Å². The maximum atomic E-state index is 14.4. The summed E-state index contributed by atoms with van der Waals surface area (Å²) in [5, 5.41) is 15.0. The first kappa shape index (κ1) is 24.4. The lowest BCUT2D eigenvalue weighted by Gasteiger charge is -2.23. The van der Waals surface area contributed by atoms with E-state index in [1.165, 1.54) is 15.8 Å². The van der Waals surface area contributed by atoms with E-state index >= 15 is 0 Å². The number of hydrogen-bond acceptors (Lipinski definition) is 7. The molecule has 4 heterocycles. The second-order valence-electron chi connectivity index (χ2n) is 8.51. The first-order valence-electron chi connectivity index (χ1n) is 11.2. The third kappa shape index (κ3) is 5.03. The summed E-state index contributed by atoms with van der Waals surface area (Å²) >= 11 is 3.28. The van der Waals surface area contributed by atoms with Gasteiger partial charge >= 0.3 is 0 Å². The molecule has 13 heteroatoms. The van der Waals surface area contributed by atoms with Crippen LogP contribution < -0.4 is 11.1 Å². The molecule has 0 saturated carbocycles. The Morgan fingerprint density at radius 2 is 1.95 bits per heavy atom. The number of carbonyl (C=O) groups excluding carboxylic acids is 3. The highest BCUT2D eigenvalue weighted by Gasteiger charge is 2.40. The number of nitrogens with zero attached hydrogens (tertiary/aromatic N) is 6. The Labute approximate surface area is 218 Å². The number of aromatic nitrogens is 5. The zero-order chi connectivity index (χ0) is 26.1. The smallest absolute Gasteiger partial charge is 0.269 e. The fourth-order valence-corrected chi connectivity index (χ4v) is 4.72. The van der Waals surface area contributed by atoms with Gasteiger partial charge in [0.25, 0.3) is 5.91 Å². The maximum absolute atomic E-state index is 14.4. The number of carbonyl (C=O) groups is 3. The van der Waals surface area contributed by atoms with Gasteiger partial charge in [0.05, 0.1) is 36.3 Å². The van der Waals surface area contributed by atoms with Gasteiger partial charge in [-0.15, -0.1) is 0 Å². The Kier molecular flexibility index (Phi) is 6.61. The van der Waals surface area contributed by atoms with E-state index in [0.717, 1.165) is 11.1 Å². The van der Waals surface area contributed by atoms with Crippen molar-refractivity contribution in [3.63, 3.8) is 0 Å². The van der Waals surface area contributed by atoms with Gasteiger partial charge in [-0.25, -0.2) is 4.39 Å². The van der Waals surface area contributed by atoms with Crippen molar-refractivity contribution in [1.29, 1.82) is 0 Å². The molecule has 3 aromatic heterocycles. The van der Waals surface area contributed by atoms with Crippen LogP contribution in [0.2, 0.25) is 0 Å². The molecule has 4 aromatic rings. The highest BCUT2D eigenvalue weighted by atomic mass is 79.9. The van der Waals surface area contributed by atoms with Crippen molar-refractivity contribution in [2.24, 2.45) is 5.73 Å². The quantitative estimate of drug-likeness (QED) is 0.363. The average Bonchev–Trinajstić information content (AvgIpc) is 3.45. The van der Waals surface area contributed by atoms with Crippen LogP contribution >= 0.6 is 15.9 Å². The first-order valence-corrected chi connectivity index (χ1v) is 12.0. The SMILES string of the molecule is NC(=O)c1nn(CC(=O)N2C[C@H](F)CC2C(=O)Nc2cncc(Br)c2)c2ccc(-c3ccnnc3)cc12. The van der Waals surface area contributed by atoms with Gasteiger partial charge in [0.2, 0.25) is 11.8 Å². The predicted molar refractivity (Wildman–Crippen MR) is 135 cm³/mol. The van der Waals surface area contributed by atoms with Crippen LogP contribution in [0.15, 0.2) is 59.6 Å². The van der Waals surface area contributed by atoms with Gasteiger partial charge in [0.15, 0.2) is 5.69 Å². The Hall–Kier alpha value is -4.26. The fraction of sp³-hybridized carbons (Fsp3) is 0.208. The Bertz CT molecular complexity index is 1510. The minimum Gasteiger partial charge on any atom is -0.364 e. The summed E-state index contributed by atoms with van der Waals surface area (Å²) in [5.41, 5.74) is 7.99. The monoisotopic (exact) mass is 566 g/mol. The number of nitrogens with two attached hydrogens (primary N) is 1. The number of likely N-dealkylation sites (tertiary alicyclic amines) is 1. The zero-order valence-corrected chi connectivity index (χ0v) is 20.8. The van der Waals surface area contributed by atoms with Gasteiger partial charge in [-0.1, -0.05) is 6.07 Å². The summed E-state index contributed by atoms with van der Waals surface area (Å²) in [4.78, 5) is 43.5. The summed E-state index contributed by atoms with van der Waals surface area (Å²) in [6, 6.07) is 7.64. The minimum atomic E-state index is -1.35. The van der Waals surface area contributed by atoms with Gasteiger partial charge in [0.1, 0.15) is 18.8 Å². The van der Waals surface area contributed by atoms with Crippen LogP contribution in [-0.4, -0.2) is 66.3 Å². The molecule has 1 aromatic carbocycles. The Balaban J connectivity index is 1.41. The zero-order valence-electron chi connectivity index (χ0n) is 19.2. The van der Waals surface area contributed by atoms with Crippen LogP contribution in [0, 0.1) is 0 Å². The van der Waals surface area contributed by atoms with Crippen molar-refractivity contribution < 1.29 is 18.8 Å². The van der Waals surface area contributed by atoms with Gasteiger partial charge in [-0.05, 0) is 45.8 Å². The molecule has 1 aliphatic rings. The standard InChI is InChI=1S/C24H20BrFN8O3/c25-15-6-17(10-28-9-15)31-24(37)20-7-16(26)11-33(20)21(35)12-34-19-2-1-13(14-3-4-29-30-8-14)5-18(19)22(32-34)23(27)36/h1-6,8-10,16,20H,7,11-12H2,(H2,27,36)(H,31,37)/t16-,20?/m1/s1. The van der Waals surface area contributed by atoms with Gasteiger partial charge < -0.3 is 16.0 Å². The number of halogens is 2. The molecule has 0 bridgehead atoms. The number of rotatable bonds is 6. The van der Waals surface area contributed by atoms with Crippen molar-refractivity contribution in [1.82, 2.24) is 29.9 Å². The molecule has 1 fully saturated rings. The van der Waals surface area contributed by atoms with Crippen molar-refractivity contribution in [2.75, 3.05) is 11.9 Å². The third-order valence-electron chi connectivity index (χ3n) is 6.03. The second-order valence-corrected chi connectivity index (χ2v) is 9.43. The lowest BCUT2D eigenvalue weighted by Crippen LogP contribution is -2.44. The van der Waals surface area contributed by atoms with Crippen LogP contribution in [-0.2, 0) is 16.1 Å². The number of fused-ring (bicyclic) bond motifs is 1. The average molecular weight is 567 g/mol. The molecule has 3 amide bonds. The van der Waals surface area contributed by atoms with Crippen LogP contribution in [0.5, 0.6) is 0 Å². The number of amides is 3. The molecule has 3 N–H and O–H groups in total. The van der Waals surface area contributed by atoms with Crippen LogP contribution in [0.25, 0.3) is 22.0 Å². The van der Waals surface area contributed by atoms with Crippen LogP contribution in [0.4, 0.5) is 10.1 Å². The minimum absolute atomic E-state index is 0.00657. The van der Waals surface area contributed by atoms with E-state index in [1.54, 1.807) is 48.9 Å². The molecule has 1 aliphatic heterocycles. The molecule has 1 saturated heterocycles. The molecule has 0 spiro atoms. The number of anilines is 1. The normalized spacial score (nSPS) is 17.2. The molecule has 2 atom stereocenters. The van der Waals surface area contributed by atoms with Crippen LogP contribution in [0.3, 0.4) is 0 Å². The summed E-state index contributed by atoms with van der Waals surface area (Å²) in [6.07, 6.45) is 4.65. The summed E-state index contributed by atoms with van der Waals surface area (Å²) in [6.45, 7) is -0.538. The van der Waals surface area contributed by atoms with E-state index < -0.39 is 29.9 Å². The molecule has 0 aliphatic carbocycles. The highest BCUT2D eigenvalue weighted by Crippen LogP contribution is 2.27. The summed E-state index contributed by atoms with van der Waals surface area (Å²) < 4.78 is 16.4. The van der Waals surface area contributed by atoms with E-state index in [1.807, 2.05) is 0 Å². The molecule has 11 nitrogen and oxygen atoms in total. The number of nitrogens with one attached hydrogen (secondary N) is 1. The van der Waals surface area contributed by atoms with Gasteiger partial charge in [0, 0.05) is 28.0 Å². The molecule has 5 rings (SSSR count). The van der Waals surface area contributed by atoms with Crippen molar-refractivity contribution in [3.05, 3.63) is 65.3 Å². The number of benzene rings is 1. The highest BCUT2D eigenvalue weighted by molar-refractivity contribution is 9.10. The van der Waals surface area contributed by atoms with E-state index in [9.17, 15) is 18.8 Å². The first-order chi connectivity index (χ1) is 17.8. The largest absolute Gasteiger partial charge is 0.364 e. The van der Waals surface area contributed by atoms with Crippen LogP contribution in [0.1, 0.15) is 16.9 Å². The maximum Gasteiger partial charge on any atom is 0.269 e. The summed E-state index contributed by atoms with van der Waals surface area (Å²) in [5.74, 6) is -1.80. The predicted octanol–water partition coefficient (Wildman–Crippen LogP) is 2.33. The summed E-state index contributed by atoms with van der Waals surface area (Å²) in [7, 11) is 0. The molecule has 188 valence electrons. The topological polar surface area (TPSA) is 149 Å². The second kappa shape index (κ2) is 10.0. The third-order valence-corrected chi connectivity index (χ3v) is 6.47. The molecule has 0 radical (unpaired) electrons. The van der Waals surface area contributed by atoms with E-state index in [4.69, 9.17) is 5.73 Å². The molecular formula is C24H20BrFN8O3.